The van der Waals surface area contributed by atoms with Gasteiger partial charge < -0.3 is 10.6 Å². The summed E-state index contributed by atoms with van der Waals surface area (Å²) in [6.07, 6.45) is 2.44. The Labute approximate surface area is 167 Å². The highest BCUT2D eigenvalue weighted by atomic mass is 35.5. The van der Waals surface area contributed by atoms with Crippen molar-refractivity contribution in [2.45, 2.75) is 26.3 Å². The first-order chi connectivity index (χ1) is 13.0. The van der Waals surface area contributed by atoms with Crippen LogP contribution in [0.5, 0.6) is 0 Å². The fraction of sp³-hybridized carbons (Fsp3) is 0.421. The molecule has 2 N–H and O–H groups in total. The highest BCUT2D eigenvalue weighted by Crippen LogP contribution is 2.21. The number of anilines is 1. The summed E-state index contributed by atoms with van der Waals surface area (Å²) < 4.78 is 0. The predicted molar refractivity (Wildman–Crippen MR) is 108 cm³/mol. The van der Waals surface area contributed by atoms with Crippen molar-refractivity contribution >= 4 is 39.9 Å². The zero-order chi connectivity index (χ0) is 19.2. The van der Waals surface area contributed by atoms with Crippen molar-refractivity contribution < 1.29 is 9.59 Å². The van der Waals surface area contributed by atoms with E-state index in [9.17, 15) is 9.59 Å². The second-order valence-electron chi connectivity index (χ2n) is 6.84. The van der Waals surface area contributed by atoms with Crippen LogP contribution in [0, 0.1) is 5.92 Å². The van der Waals surface area contributed by atoms with E-state index >= 15 is 0 Å². The number of amides is 2. The number of hydrogen-bond donors (Lipinski definition) is 2. The third-order valence-electron chi connectivity index (χ3n) is 4.56. The van der Waals surface area contributed by atoms with Gasteiger partial charge in [0.15, 0.2) is 5.13 Å². The number of likely N-dealkylation sites (tertiary alicyclic amines) is 1. The molecule has 0 radical (unpaired) electrons. The average Bonchev–Trinajstić information content (AvgIpc) is 3.08. The van der Waals surface area contributed by atoms with Gasteiger partial charge in [0, 0.05) is 22.5 Å². The molecule has 0 saturated carbocycles. The van der Waals surface area contributed by atoms with Crippen LogP contribution >= 0.6 is 22.9 Å². The summed E-state index contributed by atoms with van der Waals surface area (Å²) in [6.45, 7) is 5.17. The smallest absolute Gasteiger partial charge is 0.251 e. The Kier molecular flexibility index (Phi) is 6.82. The van der Waals surface area contributed by atoms with Crippen molar-refractivity contribution in [1.29, 1.82) is 0 Å². The highest BCUT2D eigenvalue weighted by Gasteiger charge is 2.17. The number of benzene rings is 1. The van der Waals surface area contributed by atoms with Crippen molar-refractivity contribution in [3.05, 3.63) is 45.9 Å². The molecular formula is C19H23ClN4O2S. The summed E-state index contributed by atoms with van der Waals surface area (Å²) in [7, 11) is 0. The molecule has 2 heterocycles. The number of nitrogens with one attached hydrogen (secondary N) is 2. The minimum absolute atomic E-state index is 0.121. The lowest BCUT2D eigenvalue weighted by molar-refractivity contribution is -0.115. The topological polar surface area (TPSA) is 74.3 Å². The van der Waals surface area contributed by atoms with Crippen molar-refractivity contribution in [1.82, 2.24) is 15.2 Å². The Morgan fingerprint density at radius 2 is 2.11 bits per heavy atom. The average molecular weight is 407 g/mol. The summed E-state index contributed by atoms with van der Waals surface area (Å²) in [6, 6.07) is 6.59. The van der Waals surface area contributed by atoms with E-state index in [1.165, 1.54) is 24.2 Å². The van der Waals surface area contributed by atoms with E-state index in [2.05, 4.69) is 27.4 Å². The van der Waals surface area contributed by atoms with Crippen molar-refractivity contribution in [2.24, 2.45) is 5.92 Å². The van der Waals surface area contributed by atoms with Gasteiger partial charge in [-0.1, -0.05) is 24.6 Å². The van der Waals surface area contributed by atoms with Crippen LogP contribution in [0.3, 0.4) is 0 Å². The van der Waals surface area contributed by atoms with E-state index in [4.69, 9.17) is 11.6 Å². The molecule has 3 rings (SSSR count). The molecule has 1 saturated heterocycles. The Morgan fingerprint density at radius 1 is 1.33 bits per heavy atom. The first-order valence-corrected chi connectivity index (χ1v) is 10.3. The van der Waals surface area contributed by atoms with Gasteiger partial charge in [-0.05, 0) is 50.0 Å². The van der Waals surface area contributed by atoms with Gasteiger partial charge in [-0.15, -0.1) is 11.3 Å². The summed E-state index contributed by atoms with van der Waals surface area (Å²) in [4.78, 5) is 31.0. The minimum atomic E-state index is -0.341. The number of hydrogen-bond acceptors (Lipinski definition) is 5. The van der Waals surface area contributed by atoms with E-state index in [0.29, 0.717) is 15.7 Å². The Bertz CT molecular complexity index is 803. The van der Waals surface area contributed by atoms with Gasteiger partial charge in [0.05, 0.1) is 12.2 Å². The van der Waals surface area contributed by atoms with Gasteiger partial charge in [-0.2, -0.15) is 0 Å². The molecule has 0 bridgehead atoms. The van der Waals surface area contributed by atoms with E-state index in [-0.39, 0.29) is 18.4 Å². The molecule has 8 heteroatoms. The number of nitrogens with zero attached hydrogens (tertiary/aromatic N) is 2. The SMILES string of the molecule is CC1CCN(Cc2csc(NC(=O)CNC(=O)c3cccc(Cl)c3)n2)CC1. The monoisotopic (exact) mass is 406 g/mol. The molecule has 0 atom stereocenters. The molecule has 2 aromatic rings. The fourth-order valence-corrected chi connectivity index (χ4v) is 3.85. The van der Waals surface area contributed by atoms with Crippen LogP contribution in [0.4, 0.5) is 5.13 Å². The lowest BCUT2D eigenvalue weighted by atomic mass is 9.99. The van der Waals surface area contributed by atoms with Gasteiger partial charge in [0.1, 0.15) is 0 Å². The summed E-state index contributed by atoms with van der Waals surface area (Å²) in [5, 5.41) is 8.32. The summed E-state index contributed by atoms with van der Waals surface area (Å²) in [5.41, 5.74) is 1.38. The molecular weight excluding hydrogens is 384 g/mol. The molecule has 6 nitrogen and oxygen atoms in total. The molecule has 1 aromatic carbocycles. The van der Waals surface area contributed by atoms with Crippen molar-refractivity contribution in [3.63, 3.8) is 0 Å². The largest absolute Gasteiger partial charge is 0.343 e. The van der Waals surface area contributed by atoms with E-state index in [0.717, 1.165) is 31.2 Å². The normalized spacial score (nSPS) is 15.5. The molecule has 0 aliphatic carbocycles. The molecule has 1 fully saturated rings. The second kappa shape index (κ2) is 9.30. The molecule has 1 aromatic heterocycles. The molecule has 27 heavy (non-hydrogen) atoms. The first kappa shape index (κ1) is 19.8. The highest BCUT2D eigenvalue weighted by molar-refractivity contribution is 7.13. The van der Waals surface area contributed by atoms with Crippen LogP contribution in [-0.2, 0) is 11.3 Å². The molecule has 0 spiro atoms. The van der Waals surface area contributed by atoms with Crippen LogP contribution in [0.1, 0.15) is 35.8 Å². The number of carbonyl (C=O) groups is 2. The quantitative estimate of drug-likeness (QED) is 0.771. The predicted octanol–water partition coefficient (Wildman–Crippen LogP) is 3.40. The standard InChI is InChI=1S/C19H23ClN4O2S/c1-13-5-7-24(8-6-13)11-16-12-27-19(22-16)23-17(25)10-21-18(26)14-3-2-4-15(20)9-14/h2-4,9,12-13H,5-8,10-11H2,1H3,(H,21,26)(H,22,23,25). The third-order valence-corrected chi connectivity index (χ3v) is 5.60. The van der Waals surface area contributed by atoms with Crippen LogP contribution in [0.15, 0.2) is 29.6 Å². The summed E-state index contributed by atoms with van der Waals surface area (Å²) >= 11 is 7.27. The maximum absolute atomic E-state index is 12.1. The number of piperidine rings is 1. The molecule has 1 aliphatic heterocycles. The van der Waals surface area contributed by atoms with Gasteiger partial charge in [-0.3, -0.25) is 14.5 Å². The lowest BCUT2D eigenvalue weighted by Crippen LogP contribution is -2.33. The minimum Gasteiger partial charge on any atom is -0.343 e. The van der Waals surface area contributed by atoms with Crippen LogP contribution in [-0.4, -0.2) is 41.3 Å². The van der Waals surface area contributed by atoms with Gasteiger partial charge in [-0.25, -0.2) is 4.98 Å². The first-order valence-electron chi connectivity index (χ1n) is 9.00. The zero-order valence-electron chi connectivity index (χ0n) is 15.2. The Hall–Kier alpha value is -1.96. The summed E-state index contributed by atoms with van der Waals surface area (Å²) in [5.74, 6) is 0.151. The molecule has 2 amide bonds. The number of thiazole rings is 1. The lowest BCUT2D eigenvalue weighted by Gasteiger charge is -2.29. The molecule has 1 aliphatic rings. The van der Waals surface area contributed by atoms with Crippen molar-refractivity contribution in [3.8, 4) is 0 Å². The van der Waals surface area contributed by atoms with Crippen LogP contribution in [0.2, 0.25) is 5.02 Å². The maximum atomic E-state index is 12.1. The zero-order valence-corrected chi connectivity index (χ0v) is 16.8. The van der Waals surface area contributed by atoms with E-state index in [1.54, 1.807) is 24.3 Å². The Morgan fingerprint density at radius 3 is 2.85 bits per heavy atom. The van der Waals surface area contributed by atoms with E-state index < -0.39 is 0 Å². The van der Waals surface area contributed by atoms with Gasteiger partial charge in [0.2, 0.25) is 5.91 Å². The number of halogens is 1. The fourth-order valence-electron chi connectivity index (χ4n) is 2.94. The number of carbonyl (C=O) groups excluding carboxylic acids is 2. The Balaban J connectivity index is 1.44. The second-order valence-corrected chi connectivity index (χ2v) is 8.14. The van der Waals surface area contributed by atoms with E-state index in [1.807, 2.05) is 5.38 Å². The number of aromatic nitrogens is 1. The number of rotatable bonds is 6. The van der Waals surface area contributed by atoms with Crippen LogP contribution in [0.25, 0.3) is 0 Å². The molecule has 0 unspecified atom stereocenters. The van der Waals surface area contributed by atoms with Gasteiger partial charge >= 0.3 is 0 Å². The van der Waals surface area contributed by atoms with Crippen molar-refractivity contribution in [2.75, 3.05) is 25.0 Å². The van der Waals surface area contributed by atoms with Gasteiger partial charge in [0.25, 0.3) is 5.91 Å². The maximum Gasteiger partial charge on any atom is 0.251 e. The molecule has 144 valence electrons. The van der Waals surface area contributed by atoms with Crippen LogP contribution < -0.4 is 10.6 Å². The third kappa shape index (κ3) is 6.02.